The summed E-state index contributed by atoms with van der Waals surface area (Å²) in [4.78, 5) is 10.3. The first-order valence-electron chi connectivity index (χ1n) is 4.09. The van der Waals surface area contributed by atoms with Crippen molar-refractivity contribution in [2.24, 2.45) is 5.73 Å². The van der Waals surface area contributed by atoms with Gasteiger partial charge in [0.05, 0.1) is 5.56 Å². The number of phenols is 1. The van der Waals surface area contributed by atoms with E-state index in [1.165, 1.54) is 24.3 Å². The van der Waals surface area contributed by atoms with Gasteiger partial charge in [-0.15, -0.1) is 0 Å². The van der Waals surface area contributed by atoms with Gasteiger partial charge in [0.1, 0.15) is 11.6 Å². The number of aliphatic carboxylic acids is 1. The number of benzene rings is 1. The number of aromatic hydroxyl groups is 1. The molecule has 0 unspecified atom stereocenters. The van der Waals surface area contributed by atoms with Crippen LogP contribution in [0.15, 0.2) is 24.3 Å². The Kier molecular flexibility index (Phi) is 3.07. The van der Waals surface area contributed by atoms with Crippen LogP contribution in [0.3, 0.4) is 0 Å². The predicted molar refractivity (Wildman–Crippen MR) is 55.8 cm³/mol. The fourth-order valence-electron chi connectivity index (χ4n) is 1.04. The maximum Gasteiger partial charge on any atom is 0.328 e. The van der Waals surface area contributed by atoms with Gasteiger partial charge >= 0.3 is 5.97 Å². The smallest absolute Gasteiger partial charge is 0.328 e. The van der Waals surface area contributed by atoms with Crippen LogP contribution in [0.1, 0.15) is 11.1 Å². The molecule has 0 aliphatic rings. The van der Waals surface area contributed by atoms with Crippen LogP contribution in [0.25, 0.3) is 6.08 Å². The molecule has 0 amide bonds. The first-order valence-corrected chi connectivity index (χ1v) is 4.09. The fourth-order valence-corrected chi connectivity index (χ4v) is 1.04. The highest BCUT2D eigenvalue weighted by atomic mass is 16.4. The summed E-state index contributed by atoms with van der Waals surface area (Å²) in [6.07, 6.45) is 2.32. The van der Waals surface area contributed by atoms with Gasteiger partial charge < -0.3 is 15.9 Å². The van der Waals surface area contributed by atoms with Crippen molar-refractivity contribution < 1.29 is 15.0 Å². The van der Waals surface area contributed by atoms with E-state index >= 15 is 0 Å². The topological polar surface area (TPSA) is 107 Å². The number of phenolic OH excluding ortho intramolecular Hbond substituents is 1. The van der Waals surface area contributed by atoms with Gasteiger partial charge in [0.15, 0.2) is 0 Å². The monoisotopic (exact) mass is 206 g/mol. The largest absolute Gasteiger partial charge is 0.507 e. The molecule has 0 aromatic heterocycles. The minimum atomic E-state index is -1.06. The minimum absolute atomic E-state index is 0.102. The number of rotatable bonds is 3. The van der Waals surface area contributed by atoms with Gasteiger partial charge in [-0.1, -0.05) is 6.07 Å². The lowest BCUT2D eigenvalue weighted by molar-refractivity contribution is -0.131. The van der Waals surface area contributed by atoms with Crippen LogP contribution in [0.5, 0.6) is 5.75 Å². The number of nitrogen functional groups attached to an aromatic ring is 1. The second-order valence-electron chi connectivity index (χ2n) is 2.86. The number of hydrogen-bond donors (Lipinski definition) is 4. The zero-order chi connectivity index (χ0) is 11.4. The lowest BCUT2D eigenvalue weighted by Crippen LogP contribution is -2.11. The molecular weight excluding hydrogens is 196 g/mol. The molecule has 1 aromatic carbocycles. The van der Waals surface area contributed by atoms with Crippen LogP contribution in [-0.4, -0.2) is 22.0 Å². The molecule has 0 saturated carbocycles. The molecule has 0 atom stereocenters. The van der Waals surface area contributed by atoms with Gasteiger partial charge in [-0.3, -0.25) is 5.41 Å². The molecule has 5 heteroatoms. The number of amidine groups is 1. The molecule has 5 N–H and O–H groups in total. The highest BCUT2D eigenvalue weighted by molar-refractivity contribution is 5.98. The molecule has 5 nitrogen and oxygen atoms in total. The quantitative estimate of drug-likeness (QED) is 0.333. The first kappa shape index (κ1) is 10.8. The SMILES string of the molecule is N=C(N)c1cc(/C=C/C(=O)O)ccc1O. The lowest BCUT2D eigenvalue weighted by atomic mass is 10.1. The molecule has 0 radical (unpaired) electrons. The normalized spacial score (nSPS) is 10.4. The van der Waals surface area contributed by atoms with Gasteiger partial charge in [0.2, 0.25) is 0 Å². The van der Waals surface area contributed by atoms with Crippen LogP contribution in [0.2, 0.25) is 0 Å². The molecule has 78 valence electrons. The van der Waals surface area contributed by atoms with E-state index in [2.05, 4.69) is 0 Å². The number of carboxylic acids is 1. The summed E-state index contributed by atoms with van der Waals surface area (Å²) in [6.45, 7) is 0. The summed E-state index contributed by atoms with van der Waals surface area (Å²) in [5.41, 5.74) is 5.96. The highest BCUT2D eigenvalue weighted by Crippen LogP contribution is 2.18. The van der Waals surface area contributed by atoms with E-state index in [4.69, 9.17) is 16.2 Å². The molecule has 0 bridgehead atoms. The Morgan fingerprint density at radius 1 is 1.47 bits per heavy atom. The van der Waals surface area contributed by atoms with Crippen molar-refractivity contribution in [3.8, 4) is 5.75 Å². The van der Waals surface area contributed by atoms with E-state index in [-0.39, 0.29) is 17.1 Å². The molecule has 1 rings (SSSR count). The van der Waals surface area contributed by atoms with Crippen molar-refractivity contribution in [3.05, 3.63) is 35.4 Å². The van der Waals surface area contributed by atoms with Gasteiger partial charge in [-0.25, -0.2) is 4.79 Å². The maximum atomic E-state index is 10.3. The third kappa shape index (κ3) is 2.84. The Labute approximate surface area is 86.0 Å². The molecule has 15 heavy (non-hydrogen) atoms. The molecule has 0 heterocycles. The Morgan fingerprint density at radius 2 is 2.13 bits per heavy atom. The summed E-state index contributed by atoms with van der Waals surface area (Å²) < 4.78 is 0. The number of carboxylic acid groups (broad SMARTS) is 1. The van der Waals surface area contributed by atoms with Crippen molar-refractivity contribution in [3.63, 3.8) is 0 Å². The van der Waals surface area contributed by atoms with Crippen LogP contribution in [0.4, 0.5) is 0 Å². The van der Waals surface area contributed by atoms with Crippen LogP contribution >= 0.6 is 0 Å². The summed E-state index contributed by atoms with van der Waals surface area (Å²) in [6, 6.07) is 4.33. The van der Waals surface area contributed by atoms with E-state index in [0.29, 0.717) is 5.56 Å². The maximum absolute atomic E-state index is 10.3. The molecule has 0 saturated heterocycles. The Balaban J connectivity index is 3.08. The number of nitrogens with two attached hydrogens (primary N) is 1. The summed E-state index contributed by atoms with van der Waals surface area (Å²) in [5.74, 6) is -1.43. The minimum Gasteiger partial charge on any atom is -0.507 e. The zero-order valence-corrected chi connectivity index (χ0v) is 7.77. The first-order chi connectivity index (χ1) is 7.00. The van der Waals surface area contributed by atoms with Crippen LogP contribution < -0.4 is 5.73 Å². The van der Waals surface area contributed by atoms with Gasteiger partial charge in [0.25, 0.3) is 0 Å². The van der Waals surface area contributed by atoms with Crippen molar-refractivity contribution in [2.75, 3.05) is 0 Å². The summed E-state index contributed by atoms with van der Waals surface area (Å²) >= 11 is 0. The number of hydrogen-bond acceptors (Lipinski definition) is 3. The number of carbonyl (C=O) groups is 1. The fraction of sp³-hybridized carbons (Fsp3) is 0. The third-order valence-electron chi connectivity index (χ3n) is 1.73. The average Bonchev–Trinajstić information content (AvgIpc) is 2.16. The van der Waals surface area contributed by atoms with Crippen molar-refractivity contribution in [1.29, 1.82) is 5.41 Å². The molecular formula is C10H10N2O3. The van der Waals surface area contributed by atoms with E-state index in [1.807, 2.05) is 0 Å². The Morgan fingerprint density at radius 3 is 2.67 bits per heavy atom. The molecule has 0 spiro atoms. The van der Waals surface area contributed by atoms with E-state index in [1.54, 1.807) is 0 Å². The third-order valence-corrected chi connectivity index (χ3v) is 1.73. The summed E-state index contributed by atoms with van der Waals surface area (Å²) in [5, 5.41) is 24.9. The van der Waals surface area contributed by atoms with Crippen molar-refractivity contribution in [1.82, 2.24) is 0 Å². The van der Waals surface area contributed by atoms with Crippen LogP contribution in [-0.2, 0) is 4.79 Å². The Hall–Kier alpha value is -2.30. The van der Waals surface area contributed by atoms with Crippen molar-refractivity contribution >= 4 is 17.9 Å². The van der Waals surface area contributed by atoms with E-state index in [9.17, 15) is 9.90 Å². The average molecular weight is 206 g/mol. The second-order valence-corrected chi connectivity index (χ2v) is 2.86. The second kappa shape index (κ2) is 4.28. The highest BCUT2D eigenvalue weighted by Gasteiger charge is 2.04. The zero-order valence-electron chi connectivity index (χ0n) is 7.77. The molecule has 1 aromatic rings. The molecule has 0 fully saturated rings. The van der Waals surface area contributed by atoms with Gasteiger partial charge in [-0.2, -0.15) is 0 Å². The Bertz CT molecular complexity index is 438. The van der Waals surface area contributed by atoms with Crippen molar-refractivity contribution in [2.45, 2.75) is 0 Å². The standard InChI is InChI=1S/C10H10N2O3/c11-10(12)7-5-6(1-3-8(7)13)2-4-9(14)15/h1-5,13H,(H3,11,12)(H,14,15)/b4-2+. The van der Waals surface area contributed by atoms with Crippen LogP contribution in [0, 0.1) is 5.41 Å². The predicted octanol–water partition coefficient (Wildman–Crippen LogP) is 0.774. The van der Waals surface area contributed by atoms with Gasteiger partial charge in [0, 0.05) is 6.08 Å². The van der Waals surface area contributed by atoms with Gasteiger partial charge in [-0.05, 0) is 23.8 Å². The van der Waals surface area contributed by atoms with E-state index < -0.39 is 5.97 Å². The molecule has 0 aliphatic carbocycles. The number of nitrogens with one attached hydrogen (secondary N) is 1. The molecule has 0 aliphatic heterocycles. The van der Waals surface area contributed by atoms with E-state index in [0.717, 1.165) is 6.08 Å². The summed E-state index contributed by atoms with van der Waals surface area (Å²) in [7, 11) is 0. The lowest BCUT2D eigenvalue weighted by Gasteiger charge is -2.02.